The number of nitrogens with zero attached hydrogens (tertiary/aromatic N) is 1. The van der Waals surface area contributed by atoms with Gasteiger partial charge < -0.3 is 10.6 Å². The van der Waals surface area contributed by atoms with Crippen molar-refractivity contribution in [2.24, 2.45) is 0 Å². The van der Waals surface area contributed by atoms with E-state index in [1.807, 2.05) is 19.9 Å². The van der Waals surface area contributed by atoms with E-state index in [1.54, 1.807) is 12.4 Å². The van der Waals surface area contributed by atoms with Crippen LogP contribution in [0.4, 0.5) is 5.69 Å². The molecule has 1 aromatic rings. The number of unbranched alkanes of at least 4 members (excludes halogenated alkanes) is 1. The average Bonchev–Trinajstić information content (AvgIpc) is 2.37. The molecule has 1 unspecified atom stereocenters. The van der Waals surface area contributed by atoms with Crippen molar-refractivity contribution in [1.29, 1.82) is 0 Å². The molecule has 0 spiro atoms. The first-order valence-corrected chi connectivity index (χ1v) is 6.67. The first-order valence-electron chi connectivity index (χ1n) is 6.67. The van der Waals surface area contributed by atoms with Gasteiger partial charge in [0.1, 0.15) is 0 Å². The summed E-state index contributed by atoms with van der Waals surface area (Å²) in [5.41, 5.74) is 1.45. The van der Waals surface area contributed by atoms with E-state index in [-0.39, 0.29) is 11.9 Å². The fourth-order valence-corrected chi connectivity index (χ4v) is 1.80. The summed E-state index contributed by atoms with van der Waals surface area (Å²) in [7, 11) is 0. The van der Waals surface area contributed by atoms with Crippen molar-refractivity contribution < 1.29 is 4.79 Å². The summed E-state index contributed by atoms with van der Waals surface area (Å²) in [6.45, 7) is 6.98. The van der Waals surface area contributed by atoms with E-state index in [2.05, 4.69) is 22.5 Å². The molecule has 1 amide bonds. The molecule has 2 N–H and O–H groups in total. The van der Waals surface area contributed by atoms with Crippen LogP contribution < -0.4 is 10.6 Å². The van der Waals surface area contributed by atoms with E-state index in [0.29, 0.717) is 5.56 Å². The Hall–Kier alpha value is -1.58. The molecule has 0 bridgehead atoms. The zero-order valence-electron chi connectivity index (χ0n) is 11.5. The summed E-state index contributed by atoms with van der Waals surface area (Å²) < 4.78 is 0. The molecule has 0 fully saturated rings. The molecule has 4 heteroatoms. The monoisotopic (exact) mass is 249 g/mol. The van der Waals surface area contributed by atoms with Crippen molar-refractivity contribution in [2.75, 3.05) is 11.9 Å². The average molecular weight is 249 g/mol. The number of aromatic nitrogens is 1. The number of hydrogen-bond acceptors (Lipinski definition) is 3. The standard InChI is InChI=1S/C14H23N3O/c1-4-6-7-11(3)17-14(18)12-10-15-9-8-13(12)16-5-2/h8-11H,4-7H2,1-3H3,(H,15,16)(H,17,18). The van der Waals surface area contributed by atoms with Gasteiger partial charge in [0.05, 0.1) is 11.3 Å². The number of hydrogen-bond donors (Lipinski definition) is 2. The number of pyridine rings is 1. The molecule has 0 saturated heterocycles. The molecule has 100 valence electrons. The minimum atomic E-state index is -0.0531. The minimum absolute atomic E-state index is 0.0531. The Morgan fingerprint density at radius 1 is 1.44 bits per heavy atom. The Bertz CT molecular complexity index is 379. The Morgan fingerprint density at radius 2 is 2.22 bits per heavy atom. The Kier molecular flexibility index (Phi) is 6.19. The zero-order chi connectivity index (χ0) is 13.4. The summed E-state index contributed by atoms with van der Waals surface area (Å²) >= 11 is 0. The molecule has 1 atom stereocenters. The molecular weight excluding hydrogens is 226 g/mol. The summed E-state index contributed by atoms with van der Waals surface area (Å²) in [6, 6.07) is 2.03. The van der Waals surface area contributed by atoms with Gasteiger partial charge in [0.2, 0.25) is 0 Å². The van der Waals surface area contributed by atoms with Crippen LogP contribution in [0.2, 0.25) is 0 Å². The summed E-state index contributed by atoms with van der Waals surface area (Å²) in [4.78, 5) is 16.1. The third-order valence-corrected chi connectivity index (χ3v) is 2.80. The SMILES string of the molecule is CCCCC(C)NC(=O)c1cnccc1NCC. The highest BCUT2D eigenvalue weighted by molar-refractivity contribution is 5.99. The fourth-order valence-electron chi connectivity index (χ4n) is 1.80. The maximum atomic E-state index is 12.1. The summed E-state index contributed by atoms with van der Waals surface area (Å²) in [6.07, 6.45) is 6.60. The van der Waals surface area contributed by atoms with Crippen molar-refractivity contribution in [3.05, 3.63) is 24.0 Å². The topological polar surface area (TPSA) is 54.0 Å². The molecule has 1 rings (SSSR count). The molecule has 4 nitrogen and oxygen atoms in total. The highest BCUT2D eigenvalue weighted by Crippen LogP contribution is 2.13. The van der Waals surface area contributed by atoms with E-state index in [4.69, 9.17) is 0 Å². The minimum Gasteiger partial charge on any atom is -0.385 e. The third kappa shape index (κ3) is 4.35. The van der Waals surface area contributed by atoms with Crippen LogP contribution in [-0.2, 0) is 0 Å². The molecule has 0 aliphatic heterocycles. The molecule has 1 heterocycles. The number of rotatable bonds is 7. The molecule has 18 heavy (non-hydrogen) atoms. The van der Waals surface area contributed by atoms with Gasteiger partial charge in [0.15, 0.2) is 0 Å². The Balaban J connectivity index is 2.65. The van der Waals surface area contributed by atoms with Gasteiger partial charge in [-0.2, -0.15) is 0 Å². The number of carbonyl (C=O) groups is 1. The van der Waals surface area contributed by atoms with Crippen LogP contribution in [0, 0.1) is 0 Å². The second-order valence-electron chi connectivity index (χ2n) is 4.47. The van der Waals surface area contributed by atoms with Crippen LogP contribution >= 0.6 is 0 Å². The van der Waals surface area contributed by atoms with Crippen molar-refractivity contribution >= 4 is 11.6 Å². The summed E-state index contributed by atoms with van der Waals surface area (Å²) in [5.74, 6) is -0.0531. The Morgan fingerprint density at radius 3 is 2.89 bits per heavy atom. The van der Waals surface area contributed by atoms with Crippen LogP contribution in [0.25, 0.3) is 0 Å². The lowest BCUT2D eigenvalue weighted by Gasteiger charge is -2.15. The molecule has 0 radical (unpaired) electrons. The molecule has 0 saturated carbocycles. The van der Waals surface area contributed by atoms with Crippen molar-refractivity contribution in [3.63, 3.8) is 0 Å². The van der Waals surface area contributed by atoms with E-state index in [1.165, 1.54) is 0 Å². The van der Waals surface area contributed by atoms with Crippen LogP contribution in [0.15, 0.2) is 18.5 Å². The predicted molar refractivity (Wildman–Crippen MR) is 74.9 cm³/mol. The first-order chi connectivity index (χ1) is 8.69. The van der Waals surface area contributed by atoms with Crippen LogP contribution in [0.1, 0.15) is 50.4 Å². The number of carbonyl (C=O) groups excluding carboxylic acids is 1. The lowest BCUT2D eigenvalue weighted by atomic mass is 10.1. The van der Waals surface area contributed by atoms with Gasteiger partial charge in [-0.1, -0.05) is 19.8 Å². The van der Waals surface area contributed by atoms with E-state index < -0.39 is 0 Å². The third-order valence-electron chi connectivity index (χ3n) is 2.80. The van der Waals surface area contributed by atoms with E-state index in [0.717, 1.165) is 31.5 Å². The van der Waals surface area contributed by atoms with Gasteiger partial charge in [-0.25, -0.2) is 0 Å². The fraction of sp³-hybridized carbons (Fsp3) is 0.571. The highest BCUT2D eigenvalue weighted by Gasteiger charge is 2.13. The largest absolute Gasteiger partial charge is 0.385 e. The molecular formula is C14H23N3O. The maximum Gasteiger partial charge on any atom is 0.255 e. The quantitative estimate of drug-likeness (QED) is 0.781. The van der Waals surface area contributed by atoms with Crippen LogP contribution in [0.5, 0.6) is 0 Å². The predicted octanol–water partition coefficient (Wildman–Crippen LogP) is 2.82. The number of amides is 1. The van der Waals surface area contributed by atoms with Crippen molar-refractivity contribution in [3.8, 4) is 0 Å². The van der Waals surface area contributed by atoms with Crippen molar-refractivity contribution in [1.82, 2.24) is 10.3 Å². The second-order valence-corrected chi connectivity index (χ2v) is 4.47. The molecule has 0 aliphatic carbocycles. The molecule has 0 aliphatic rings. The van der Waals surface area contributed by atoms with Crippen LogP contribution in [-0.4, -0.2) is 23.5 Å². The first kappa shape index (κ1) is 14.5. The normalized spacial score (nSPS) is 11.9. The maximum absolute atomic E-state index is 12.1. The lowest BCUT2D eigenvalue weighted by Crippen LogP contribution is -2.33. The zero-order valence-corrected chi connectivity index (χ0v) is 11.5. The van der Waals surface area contributed by atoms with Gasteiger partial charge in [0.25, 0.3) is 5.91 Å². The van der Waals surface area contributed by atoms with Gasteiger partial charge in [-0.05, 0) is 26.3 Å². The molecule has 1 aromatic heterocycles. The van der Waals surface area contributed by atoms with Gasteiger partial charge in [0, 0.05) is 25.0 Å². The Labute approximate surface area is 109 Å². The smallest absolute Gasteiger partial charge is 0.255 e. The van der Waals surface area contributed by atoms with Gasteiger partial charge in [-0.3, -0.25) is 9.78 Å². The van der Waals surface area contributed by atoms with Gasteiger partial charge in [-0.15, -0.1) is 0 Å². The second kappa shape index (κ2) is 7.69. The number of anilines is 1. The van der Waals surface area contributed by atoms with Gasteiger partial charge >= 0.3 is 0 Å². The van der Waals surface area contributed by atoms with Crippen LogP contribution in [0.3, 0.4) is 0 Å². The van der Waals surface area contributed by atoms with Crippen molar-refractivity contribution in [2.45, 2.75) is 46.1 Å². The highest BCUT2D eigenvalue weighted by atomic mass is 16.1. The molecule has 0 aromatic carbocycles. The number of nitrogens with one attached hydrogen (secondary N) is 2. The lowest BCUT2D eigenvalue weighted by molar-refractivity contribution is 0.0938. The van der Waals surface area contributed by atoms with E-state index in [9.17, 15) is 4.79 Å². The van der Waals surface area contributed by atoms with E-state index >= 15 is 0 Å². The summed E-state index contributed by atoms with van der Waals surface area (Å²) in [5, 5.41) is 6.18.